The van der Waals surface area contributed by atoms with Crippen LogP contribution in [0, 0.1) is 0 Å². The van der Waals surface area contributed by atoms with E-state index >= 15 is 0 Å². The second kappa shape index (κ2) is 5.72. The van der Waals surface area contributed by atoms with Crippen molar-refractivity contribution in [3.63, 3.8) is 0 Å². The molecule has 0 bridgehead atoms. The molecule has 1 aromatic rings. The molecule has 0 radical (unpaired) electrons. The SMILES string of the molecule is CN1C(=O)CS(=O)C12CCN(C(=O)Nc1ccccc1)CC2. The van der Waals surface area contributed by atoms with E-state index in [1.54, 1.807) is 16.8 Å². The number of nitrogens with zero attached hydrogens (tertiary/aromatic N) is 2. The van der Waals surface area contributed by atoms with Gasteiger partial charge in [-0.05, 0) is 12.1 Å². The van der Waals surface area contributed by atoms with Gasteiger partial charge in [0.1, 0.15) is 10.6 Å². The third kappa shape index (κ3) is 2.49. The summed E-state index contributed by atoms with van der Waals surface area (Å²) in [5.74, 6) is 0.0349. The van der Waals surface area contributed by atoms with E-state index in [0.717, 1.165) is 5.69 Å². The fourth-order valence-electron chi connectivity index (χ4n) is 3.07. The van der Waals surface area contributed by atoms with Crippen molar-refractivity contribution in [2.45, 2.75) is 17.7 Å². The van der Waals surface area contributed by atoms with Gasteiger partial charge in [0.25, 0.3) is 0 Å². The van der Waals surface area contributed by atoms with Crippen molar-refractivity contribution < 1.29 is 13.8 Å². The van der Waals surface area contributed by atoms with Gasteiger partial charge >= 0.3 is 6.03 Å². The first-order valence-corrected chi connectivity index (χ1v) is 8.61. The lowest BCUT2D eigenvalue weighted by atomic mass is 10.0. The van der Waals surface area contributed by atoms with Gasteiger partial charge < -0.3 is 15.1 Å². The molecule has 2 heterocycles. The van der Waals surface area contributed by atoms with Gasteiger partial charge in [-0.1, -0.05) is 18.2 Å². The second-order valence-corrected chi connectivity index (χ2v) is 7.41. The number of amides is 3. The van der Waals surface area contributed by atoms with E-state index < -0.39 is 15.7 Å². The standard InChI is InChI=1S/C15H19N3O3S/c1-17-13(19)11-22(21)15(17)7-9-18(10-8-15)14(20)16-12-5-3-2-4-6-12/h2-6H,7-11H2,1H3,(H,16,20). The highest BCUT2D eigenvalue weighted by Crippen LogP contribution is 2.36. The smallest absolute Gasteiger partial charge is 0.321 e. The predicted molar refractivity (Wildman–Crippen MR) is 84.8 cm³/mol. The maximum atomic E-state index is 12.3. The average Bonchev–Trinajstić information content (AvgIpc) is 2.73. The summed E-state index contributed by atoms with van der Waals surface area (Å²) in [7, 11) is 0.539. The highest BCUT2D eigenvalue weighted by Gasteiger charge is 2.51. The number of hydrogen-bond acceptors (Lipinski definition) is 3. The lowest BCUT2D eigenvalue weighted by molar-refractivity contribution is -0.129. The summed E-state index contributed by atoms with van der Waals surface area (Å²) in [6.45, 7) is 1.00. The highest BCUT2D eigenvalue weighted by molar-refractivity contribution is 7.87. The van der Waals surface area contributed by atoms with Gasteiger partial charge in [0.15, 0.2) is 0 Å². The van der Waals surface area contributed by atoms with Crippen LogP contribution in [0.5, 0.6) is 0 Å². The predicted octanol–water partition coefficient (Wildman–Crippen LogP) is 1.23. The van der Waals surface area contributed by atoms with E-state index in [1.165, 1.54) is 0 Å². The lowest BCUT2D eigenvalue weighted by Crippen LogP contribution is -2.55. The molecule has 118 valence electrons. The fraction of sp³-hybridized carbons (Fsp3) is 0.467. The Balaban J connectivity index is 1.63. The average molecular weight is 321 g/mol. The Morgan fingerprint density at radius 2 is 1.86 bits per heavy atom. The maximum absolute atomic E-state index is 12.3. The van der Waals surface area contributed by atoms with Crippen molar-refractivity contribution in [2.75, 3.05) is 31.2 Å². The summed E-state index contributed by atoms with van der Waals surface area (Å²) in [4.78, 5) is 26.8. The first-order valence-electron chi connectivity index (χ1n) is 7.29. The number of hydrogen-bond donors (Lipinski definition) is 1. The molecule has 2 aliphatic rings. The minimum absolute atomic E-state index is 0.0690. The van der Waals surface area contributed by atoms with E-state index in [9.17, 15) is 13.8 Å². The van der Waals surface area contributed by atoms with Crippen molar-refractivity contribution in [3.05, 3.63) is 30.3 Å². The molecule has 3 amide bonds. The van der Waals surface area contributed by atoms with Gasteiger partial charge in [0.2, 0.25) is 5.91 Å². The lowest BCUT2D eigenvalue weighted by Gasteiger charge is -2.41. The zero-order chi connectivity index (χ0) is 15.7. The Morgan fingerprint density at radius 1 is 1.23 bits per heavy atom. The number of urea groups is 1. The molecule has 7 heteroatoms. The molecular weight excluding hydrogens is 302 g/mol. The first kappa shape index (κ1) is 15.0. The molecule has 0 aromatic heterocycles. The number of para-hydroxylation sites is 1. The molecule has 0 saturated carbocycles. The number of piperidine rings is 1. The number of carbonyl (C=O) groups excluding carboxylic acids is 2. The third-order valence-corrected chi connectivity index (χ3v) is 6.56. The Bertz CT molecular complexity index is 612. The van der Waals surface area contributed by atoms with Crippen LogP contribution < -0.4 is 5.32 Å². The molecule has 2 fully saturated rings. The zero-order valence-corrected chi connectivity index (χ0v) is 13.3. The normalized spacial score (nSPS) is 23.9. The number of nitrogens with one attached hydrogen (secondary N) is 1. The minimum atomic E-state index is -1.18. The van der Waals surface area contributed by atoms with Crippen molar-refractivity contribution in [1.82, 2.24) is 9.80 Å². The van der Waals surface area contributed by atoms with Crippen LogP contribution in [0.25, 0.3) is 0 Å². The molecule has 1 atom stereocenters. The molecule has 1 aromatic carbocycles. The van der Waals surface area contributed by atoms with Crippen molar-refractivity contribution in [2.24, 2.45) is 0 Å². The number of rotatable bonds is 1. The molecule has 1 N–H and O–H groups in total. The summed E-state index contributed by atoms with van der Waals surface area (Å²) < 4.78 is 12.3. The van der Waals surface area contributed by atoms with E-state index in [2.05, 4.69) is 5.32 Å². The third-order valence-electron chi connectivity index (χ3n) is 4.52. The fourth-order valence-corrected chi connectivity index (χ4v) is 4.80. The Hall–Kier alpha value is -1.89. The Morgan fingerprint density at radius 3 is 2.41 bits per heavy atom. The van der Waals surface area contributed by atoms with Crippen LogP contribution in [0.15, 0.2) is 30.3 Å². The van der Waals surface area contributed by atoms with Gasteiger partial charge in [0, 0.05) is 38.7 Å². The van der Waals surface area contributed by atoms with Crippen LogP contribution >= 0.6 is 0 Å². The molecule has 0 aliphatic carbocycles. The summed E-state index contributed by atoms with van der Waals surface area (Å²) in [6, 6.07) is 9.14. The summed E-state index contributed by atoms with van der Waals surface area (Å²) in [6.07, 6.45) is 1.12. The van der Waals surface area contributed by atoms with Crippen LogP contribution in [0.4, 0.5) is 10.5 Å². The van der Waals surface area contributed by atoms with Gasteiger partial charge in [-0.15, -0.1) is 0 Å². The van der Waals surface area contributed by atoms with Crippen molar-refractivity contribution in [3.8, 4) is 0 Å². The Labute approximate surface area is 131 Å². The molecule has 3 rings (SSSR count). The second-order valence-electron chi connectivity index (χ2n) is 5.67. The summed E-state index contributed by atoms with van der Waals surface area (Å²) in [5, 5.41) is 2.85. The maximum Gasteiger partial charge on any atom is 0.321 e. The van der Waals surface area contributed by atoms with E-state index in [4.69, 9.17) is 0 Å². The van der Waals surface area contributed by atoms with Crippen LogP contribution in [0.2, 0.25) is 0 Å². The zero-order valence-electron chi connectivity index (χ0n) is 12.4. The largest absolute Gasteiger partial charge is 0.328 e. The number of benzene rings is 1. The van der Waals surface area contributed by atoms with E-state index in [-0.39, 0.29) is 17.7 Å². The monoisotopic (exact) mass is 321 g/mol. The van der Waals surface area contributed by atoms with Gasteiger partial charge in [0.05, 0.1) is 10.8 Å². The topological polar surface area (TPSA) is 69.7 Å². The van der Waals surface area contributed by atoms with Crippen molar-refractivity contribution in [1.29, 1.82) is 0 Å². The molecule has 1 unspecified atom stereocenters. The summed E-state index contributed by atoms with van der Waals surface area (Å²) >= 11 is 0. The van der Waals surface area contributed by atoms with E-state index in [0.29, 0.717) is 25.9 Å². The van der Waals surface area contributed by atoms with E-state index in [1.807, 2.05) is 30.3 Å². The molecule has 22 heavy (non-hydrogen) atoms. The van der Waals surface area contributed by atoms with Gasteiger partial charge in [-0.2, -0.15) is 0 Å². The quantitative estimate of drug-likeness (QED) is 0.846. The first-order chi connectivity index (χ1) is 10.5. The summed E-state index contributed by atoms with van der Waals surface area (Å²) in [5.41, 5.74) is 0.754. The number of likely N-dealkylation sites (tertiary alicyclic amines) is 1. The van der Waals surface area contributed by atoms with Crippen LogP contribution in [0.1, 0.15) is 12.8 Å². The van der Waals surface area contributed by atoms with Crippen LogP contribution in [-0.4, -0.2) is 56.7 Å². The van der Waals surface area contributed by atoms with Crippen molar-refractivity contribution >= 4 is 28.4 Å². The number of carbonyl (C=O) groups is 2. The molecule has 2 saturated heterocycles. The van der Waals surface area contributed by atoms with Crippen LogP contribution in [0.3, 0.4) is 0 Å². The van der Waals surface area contributed by atoms with Gasteiger partial charge in [-0.25, -0.2) is 4.79 Å². The highest BCUT2D eigenvalue weighted by atomic mass is 32.2. The number of anilines is 1. The van der Waals surface area contributed by atoms with Gasteiger partial charge in [-0.3, -0.25) is 9.00 Å². The molecule has 2 aliphatic heterocycles. The molecule has 1 spiro atoms. The molecular formula is C15H19N3O3S. The molecule has 6 nitrogen and oxygen atoms in total. The minimum Gasteiger partial charge on any atom is -0.328 e. The Kier molecular flexibility index (Phi) is 3.90. The van der Waals surface area contributed by atoms with Crippen LogP contribution in [-0.2, 0) is 15.6 Å².